The Bertz CT molecular complexity index is 1500. The Balaban J connectivity index is 1.21. The van der Waals surface area contributed by atoms with Gasteiger partial charge in [0.05, 0.1) is 0 Å². The molecule has 1 aliphatic carbocycles. The van der Waals surface area contributed by atoms with Gasteiger partial charge >= 0.3 is 256 Å². The summed E-state index contributed by atoms with van der Waals surface area (Å²) in [6, 6.07) is 12.3. The van der Waals surface area contributed by atoms with Crippen molar-refractivity contribution in [2.75, 3.05) is 64.8 Å². The van der Waals surface area contributed by atoms with Gasteiger partial charge in [-0.25, -0.2) is 0 Å². The van der Waals surface area contributed by atoms with Crippen LogP contribution in [0.3, 0.4) is 0 Å². The molecule has 1 aromatic heterocycles. The summed E-state index contributed by atoms with van der Waals surface area (Å²) in [5.74, 6) is 0.640. The van der Waals surface area contributed by atoms with Crippen molar-refractivity contribution in [3.05, 3.63) is 56.4 Å². The average molecular weight is 739 g/mol. The summed E-state index contributed by atoms with van der Waals surface area (Å²) < 4.78 is 35.4. The number of ketones is 1. The summed E-state index contributed by atoms with van der Waals surface area (Å²) in [7, 11) is 3.99. The van der Waals surface area contributed by atoms with Crippen LogP contribution in [-0.4, -0.2) is 107 Å². The summed E-state index contributed by atoms with van der Waals surface area (Å²) in [5.41, 5.74) is 2.56. The normalized spacial score (nSPS) is 24.3. The molecule has 3 aromatic rings. The Morgan fingerprint density at radius 3 is 2.27 bits per heavy atom. The minimum atomic E-state index is -1.05. The molecule has 9 nitrogen and oxygen atoms in total. The van der Waals surface area contributed by atoms with Gasteiger partial charge in [0.2, 0.25) is 0 Å². The Labute approximate surface area is 255 Å². The molecule has 2 aliphatic heterocycles. The van der Waals surface area contributed by atoms with E-state index in [2.05, 4.69) is 21.6 Å². The molecule has 2 aromatic carbocycles. The van der Waals surface area contributed by atoms with Crippen LogP contribution in [0.15, 0.2) is 52.6 Å². The van der Waals surface area contributed by atoms with E-state index in [1.54, 1.807) is 0 Å². The minimum absolute atomic E-state index is 0.0615. The predicted molar refractivity (Wildman–Crippen MR) is 154 cm³/mol. The number of hydrogen-bond donors (Lipinski definition) is 0. The van der Waals surface area contributed by atoms with Gasteiger partial charge in [-0.15, -0.1) is 0 Å². The van der Waals surface area contributed by atoms with Crippen LogP contribution >= 0.6 is 0 Å². The molecule has 0 bridgehead atoms. The molecule has 2 atom stereocenters. The number of rotatable bonds is 2. The third-order valence-electron chi connectivity index (χ3n) is 7.24. The number of carbonyl (C=O) groups excluding carboxylic acids is 1. The van der Waals surface area contributed by atoms with Gasteiger partial charge in [0.15, 0.2) is 0 Å². The van der Waals surface area contributed by atoms with E-state index in [1.807, 2.05) is 50.5 Å². The molecule has 6 rings (SSSR count). The molecule has 0 N–H and O–H groups in total. The number of hydrogen-bond acceptors (Lipinski definition) is 8. The molecule has 0 spiro atoms. The van der Waals surface area contributed by atoms with Gasteiger partial charge in [0.25, 0.3) is 0 Å². The molecular formula is C30H32N2O7SeTe. The molecular weight excluding hydrogens is 707 g/mol. The first kappa shape index (κ1) is 28.9. The van der Waals surface area contributed by atoms with Crippen molar-refractivity contribution < 1.29 is 38.2 Å². The fraction of sp³-hybridized carbons (Fsp3) is 0.400. The summed E-state index contributed by atoms with van der Waals surface area (Å²) in [6.07, 6.45) is 2.70. The van der Waals surface area contributed by atoms with E-state index in [9.17, 15) is 9.90 Å². The van der Waals surface area contributed by atoms with Gasteiger partial charge in [0, 0.05) is 0 Å². The zero-order chi connectivity index (χ0) is 28.3. The van der Waals surface area contributed by atoms with Crippen LogP contribution in [0.2, 0.25) is 0 Å². The number of para-hydroxylation sites is 1. The standard InChI is InChI=1S/C30H32N2O7SeTe/c1-31-21-5-3-4-6-25(21)40-27(31)15-19-29(33)20(30(19)34)16-28-32(2)22-17-23-24(18-26(22)41-28)39-14-12-37-10-8-35-7-9-36-11-13-38-23/h3-6,15-19,29H,7-14H2,1-2H3/b20-16-,27-15+. The Morgan fingerprint density at radius 2 is 1.61 bits per heavy atom. The number of ether oxygens (including phenoxy) is 5. The van der Waals surface area contributed by atoms with Crippen molar-refractivity contribution in [2.45, 2.75) is 6.10 Å². The van der Waals surface area contributed by atoms with Crippen molar-refractivity contribution in [1.29, 1.82) is 0 Å². The topological polar surface area (TPSA) is 93.4 Å². The predicted octanol–water partition coefficient (Wildman–Crippen LogP) is 0.174. The molecule has 0 amide bonds. The summed E-state index contributed by atoms with van der Waals surface area (Å²) in [4.78, 5) is 15.3. The second-order valence-corrected chi connectivity index (χ2v) is 15.1. The van der Waals surface area contributed by atoms with Crippen molar-refractivity contribution in [2.24, 2.45) is 13.0 Å². The number of aromatic nitrogens is 1. The van der Waals surface area contributed by atoms with Crippen molar-refractivity contribution in [3.63, 3.8) is 0 Å². The molecule has 216 valence electrons. The first-order valence-electron chi connectivity index (χ1n) is 13.6. The second-order valence-electron chi connectivity index (χ2n) is 9.84. The Morgan fingerprint density at radius 1 is 0.976 bits per heavy atom. The van der Waals surface area contributed by atoms with Crippen LogP contribution < -0.4 is 28.5 Å². The maximum atomic E-state index is 13.2. The van der Waals surface area contributed by atoms with Crippen LogP contribution in [0.5, 0.6) is 11.5 Å². The summed E-state index contributed by atoms with van der Waals surface area (Å²) in [5, 5.41) is 13.2. The molecule has 1 fully saturated rings. The van der Waals surface area contributed by atoms with Gasteiger partial charge in [-0.2, -0.15) is 0 Å². The van der Waals surface area contributed by atoms with Crippen molar-refractivity contribution in [3.8, 4) is 11.5 Å². The van der Waals surface area contributed by atoms with Gasteiger partial charge < -0.3 is 0 Å². The van der Waals surface area contributed by atoms with E-state index in [4.69, 9.17) is 23.7 Å². The van der Waals surface area contributed by atoms with Crippen molar-refractivity contribution >= 4 is 66.3 Å². The number of benzene rings is 2. The fourth-order valence-corrected chi connectivity index (χ4v) is 10.5. The quantitative estimate of drug-likeness (QED) is 0.209. The van der Waals surface area contributed by atoms with Crippen LogP contribution in [-0.2, 0) is 26.1 Å². The third kappa shape index (κ3) is 6.15. The van der Waals surface area contributed by atoms with Gasteiger partial charge in [-0.3, -0.25) is 0 Å². The van der Waals surface area contributed by atoms with Crippen molar-refractivity contribution in [1.82, 2.24) is 0 Å². The fourth-order valence-electron chi connectivity index (χ4n) is 4.93. The zero-order valence-corrected chi connectivity index (χ0v) is 27.0. The zero-order valence-electron chi connectivity index (χ0n) is 23.0. The molecule has 41 heavy (non-hydrogen) atoms. The first-order valence-corrected chi connectivity index (χ1v) is 17.6. The number of fused-ring (bicyclic) bond motifs is 3. The van der Waals surface area contributed by atoms with E-state index in [-0.39, 0.29) is 20.7 Å². The molecule has 11 heteroatoms. The maximum absolute atomic E-state index is 13.2. The van der Waals surface area contributed by atoms with Crippen LogP contribution in [0.25, 0.3) is 15.0 Å². The summed E-state index contributed by atoms with van der Waals surface area (Å²) >= 11 is -0.737. The number of carbonyl (C=O) groups is 1. The molecule has 3 aliphatic rings. The number of aryl methyl sites for hydroxylation is 1. The molecule has 2 unspecified atom stereocenters. The molecule has 0 radical (unpaired) electrons. The van der Waals surface area contributed by atoms with E-state index in [1.165, 1.54) is 7.86 Å². The SMILES string of the molecule is CN1/C(=C\C2C(=O)/C(=C\c3[te]c4cc5c(cc4[n+]3C)OCCOCCOCCOCCO5)C2[O-])[Se]c2ccccc21. The van der Waals surface area contributed by atoms with Gasteiger partial charge in [-0.1, -0.05) is 0 Å². The van der Waals surface area contributed by atoms with Crippen LogP contribution in [0.1, 0.15) is 3.71 Å². The first-order chi connectivity index (χ1) is 20.0. The average Bonchev–Trinajstić information content (AvgIpc) is 3.46. The Kier molecular flexibility index (Phi) is 9.16. The van der Waals surface area contributed by atoms with Gasteiger partial charge in [0.1, 0.15) is 0 Å². The number of nitrogens with zero attached hydrogens (tertiary/aromatic N) is 2. The number of anilines is 1. The van der Waals surface area contributed by atoms with Crippen LogP contribution in [0.4, 0.5) is 5.69 Å². The molecule has 1 saturated carbocycles. The van der Waals surface area contributed by atoms with E-state index in [0.29, 0.717) is 69.9 Å². The Hall–Kier alpha value is -2.19. The number of Topliss-reactive ketones (excluding diaryl/α,β-unsaturated/α-hetero) is 1. The monoisotopic (exact) mass is 742 g/mol. The third-order valence-corrected chi connectivity index (χ3v) is 13.0. The van der Waals surface area contributed by atoms with Crippen LogP contribution in [0, 0.1) is 5.92 Å². The molecule has 0 saturated heterocycles. The van der Waals surface area contributed by atoms with E-state index < -0.39 is 32.5 Å². The second kappa shape index (κ2) is 13.0. The van der Waals surface area contributed by atoms with E-state index in [0.717, 1.165) is 19.5 Å². The van der Waals surface area contributed by atoms with E-state index >= 15 is 0 Å². The molecule has 3 heterocycles. The summed E-state index contributed by atoms with van der Waals surface area (Å²) in [6.45, 7) is 3.72. The van der Waals surface area contributed by atoms with Gasteiger partial charge in [-0.05, 0) is 0 Å².